The second-order valence-corrected chi connectivity index (χ2v) is 7.80. The Kier molecular flexibility index (Phi) is 6.09. The van der Waals surface area contributed by atoms with Gasteiger partial charge in [-0.05, 0) is 42.5 Å². The summed E-state index contributed by atoms with van der Waals surface area (Å²) in [6, 6.07) is 13.3. The molecule has 0 fully saturated rings. The van der Waals surface area contributed by atoms with Gasteiger partial charge in [-0.25, -0.2) is 0 Å². The second kappa shape index (κ2) is 9.13. The molecule has 1 aliphatic rings. The van der Waals surface area contributed by atoms with E-state index in [0.29, 0.717) is 22.1 Å². The van der Waals surface area contributed by atoms with Gasteiger partial charge in [-0.3, -0.25) is 24.2 Å². The van der Waals surface area contributed by atoms with Crippen molar-refractivity contribution < 1.29 is 14.4 Å². The quantitative estimate of drug-likeness (QED) is 0.390. The molecular weight excluding hydrogens is 448 g/mol. The number of benzene rings is 2. The molecule has 0 unspecified atom stereocenters. The van der Waals surface area contributed by atoms with Crippen LogP contribution in [0.5, 0.6) is 0 Å². The number of carbonyl (C=O) groups is 3. The molecule has 5 N–H and O–H groups in total. The van der Waals surface area contributed by atoms with Gasteiger partial charge in [-0.15, -0.1) is 0 Å². The Balaban J connectivity index is 1.57. The number of aromatic amines is 1. The van der Waals surface area contributed by atoms with Gasteiger partial charge >= 0.3 is 0 Å². The van der Waals surface area contributed by atoms with Gasteiger partial charge in [0.2, 0.25) is 23.7 Å². The fourth-order valence-electron chi connectivity index (χ4n) is 3.43. The number of carbonyl (C=O) groups excluding carboxylic acids is 3. The SMILES string of the molecule is CC(=O)Nc1ccc(NC(=O)[C@@H]2CC(=O)Nc3nc(Nc4cccc(Cl)c4)[nH]c(=O)c32)cc1. The Hall–Kier alpha value is -4.18. The van der Waals surface area contributed by atoms with Crippen LogP contribution in [0.2, 0.25) is 5.02 Å². The van der Waals surface area contributed by atoms with Crippen LogP contribution in [0.15, 0.2) is 53.3 Å². The Morgan fingerprint density at radius 2 is 1.73 bits per heavy atom. The van der Waals surface area contributed by atoms with E-state index >= 15 is 0 Å². The molecule has 11 heteroatoms. The first-order valence-corrected chi connectivity index (χ1v) is 10.3. The van der Waals surface area contributed by atoms with Gasteiger partial charge in [-0.2, -0.15) is 4.98 Å². The van der Waals surface area contributed by atoms with E-state index in [9.17, 15) is 19.2 Å². The summed E-state index contributed by atoms with van der Waals surface area (Å²) in [6.07, 6.45) is -0.200. The first kappa shape index (κ1) is 22.0. The molecule has 0 aliphatic carbocycles. The van der Waals surface area contributed by atoms with Crippen molar-refractivity contribution in [1.82, 2.24) is 9.97 Å². The molecule has 0 bridgehead atoms. The molecule has 3 amide bonds. The molecule has 2 heterocycles. The average molecular weight is 467 g/mol. The van der Waals surface area contributed by atoms with Gasteiger partial charge in [0, 0.05) is 35.4 Å². The number of hydrogen-bond acceptors (Lipinski definition) is 6. The van der Waals surface area contributed by atoms with Crippen LogP contribution >= 0.6 is 11.6 Å². The second-order valence-electron chi connectivity index (χ2n) is 7.36. The molecule has 4 rings (SSSR count). The number of nitrogens with one attached hydrogen (secondary N) is 5. The number of fused-ring (bicyclic) bond motifs is 1. The zero-order valence-electron chi connectivity index (χ0n) is 17.4. The Labute approximate surface area is 192 Å². The summed E-state index contributed by atoms with van der Waals surface area (Å²) >= 11 is 5.98. The molecule has 168 valence electrons. The van der Waals surface area contributed by atoms with E-state index in [4.69, 9.17) is 11.6 Å². The summed E-state index contributed by atoms with van der Waals surface area (Å²) in [5.41, 5.74) is 1.13. The van der Waals surface area contributed by atoms with Gasteiger partial charge in [0.15, 0.2) is 0 Å². The summed E-state index contributed by atoms with van der Waals surface area (Å²) in [7, 11) is 0. The van der Waals surface area contributed by atoms with Crippen molar-refractivity contribution in [2.24, 2.45) is 0 Å². The van der Waals surface area contributed by atoms with Crippen LogP contribution in [-0.2, 0) is 14.4 Å². The van der Waals surface area contributed by atoms with Gasteiger partial charge in [0.1, 0.15) is 5.82 Å². The van der Waals surface area contributed by atoms with Crippen LogP contribution in [0.25, 0.3) is 0 Å². The Bertz CT molecular complexity index is 1300. The first-order chi connectivity index (χ1) is 15.8. The number of hydrogen-bond donors (Lipinski definition) is 5. The number of H-pyrrole nitrogens is 1. The van der Waals surface area contributed by atoms with Crippen molar-refractivity contribution in [2.75, 3.05) is 21.3 Å². The van der Waals surface area contributed by atoms with Crippen molar-refractivity contribution in [3.8, 4) is 0 Å². The molecule has 0 radical (unpaired) electrons. The smallest absolute Gasteiger partial charge is 0.258 e. The van der Waals surface area contributed by atoms with E-state index in [2.05, 4.69) is 31.2 Å². The van der Waals surface area contributed by atoms with Gasteiger partial charge in [0.05, 0.1) is 11.5 Å². The fraction of sp³-hybridized carbons (Fsp3) is 0.136. The van der Waals surface area contributed by atoms with E-state index in [0.717, 1.165) is 0 Å². The van der Waals surface area contributed by atoms with E-state index in [1.54, 1.807) is 48.5 Å². The summed E-state index contributed by atoms with van der Waals surface area (Å²) in [4.78, 5) is 56.0. The number of nitrogens with zero attached hydrogens (tertiary/aromatic N) is 1. The normalized spacial score (nSPS) is 14.6. The lowest BCUT2D eigenvalue weighted by atomic mass is 9.92. The monoisotopic (exact) mass is 466 g/mol. The van der Waals surface area contributed by atoms with Gasteiger partial charge in [0.25, 0.3) is 5.56 Å². The number of halogens is 1. The topological polar surface area (TPSA) is 145 Å². The third-order valence-electron chi connectivity index (χ3n) is 4.83. The lowest BCUT2D eigenvalue weighted by molar-refractivity contribution is -0.123. The molecule has 1 aliphatic heterocycles. The fourth-order valence-corrected chi connectivity index (χ4v) is 3.62. The van der Waals surface area contributed by atoms with Crippen LogP contribution < -0.4 is 26.8 Å². The van der Waals surface area contributed by atoms with Crippen LogP contribution in [0.3, 0.4) is 0 Å². The highest BCUT2D eigenvalue weighted by Crippen LogP contribution is 2.30. The number of anilines is 5. The van der Waals surface area contributed by atoms with Gasteiger partial charge in [-0.1, -0.05) is 17.7 Å². The Morgan fingerprint density at radius 1 is 1.03 bits per heavy atom. The largest absolute Gasteiger partial charge is 0.326 e. The maximum Gasteiger partial charge on any atom is 0.258 e. The molecule has 33 heavy (non-hydrogen) atoms. The molecule has 1 aromatic heterocycles. The number of amides is 3. The predicted molar refractivity (Wildman–Crippen MR) is 125 cm³/mol. The highest BCUT2D eigenvalue weighted by molar-refractivity contribution is 6.30. The maximum atomic E-state index is 12.9. The van der Waals surface area contributed by atoms with E-state index in [1.165, 1.54) is 6.92 Å². The highest BCUT2D eigenvalue weighted by atomic mass is 35.5. The third-order valence-corrected chi connectivity index (χ3v) is 5.06. The van der Waals surface area contributed by atoms with Crippen molar-refractivity contribution in [2.45, 2.75) is 19.3 Å². The summed E-state index contributed by atoms with van der Waals surface area (Å²) in [5, 5.41) is 11.3. The number of aromatic nitrogens is 2. The zero-order chi connectivity index (χ0) is 23.5. The summed E-state index contributed by atoms with van der Waals surface area (Å²) in [6.45, 7) is 1.39. The van der Waals surface area contributed by atoms with Crippen LogP contribution in [0, 0.1) is 0 Å². The molecule has 0 saturated carbocycles. The summed E-state index contributed by atoms with van der Waals surface area (Å²) in [5.74, 6) is -2.10. The predicted octanol–water partition coefficient (Wildman–Crippen LogP) is 3.19. The minimum Gasteiger partial charge on any atom is -0.326 e. The minimum absolute atomic E-state index is 0.0145. The molecule has 10 nitrogen and oxygen atoms in total. The first-order valence-electron chi connectivity index (χ1n) is 9.93. The van der Waals surface area contributed by atoms with Gasteiger partial charge < -0.3 is 21.3 Å². The standard InChI is InChI=1S/C22H19ClN6O4/c1-11(30)24-13-5-7-14(8-6-13)25-20(32)16-10-17(31)27-19-18(16)21(33)29-22(28-19)26-15-4-2-3-12(23)9-15/h2-9,16H,10H2,1H3,(H,24,30)(H,25,32)(H3,26,27,28,29,31,33)/t16-/m1/s1. The van der Waals surface area contributed by atoms with Crippen molar-refractivity contribution >= 4 is 58.2 Å². The van der Waals surface area contributed by atoms with E-state index in [1.807, 2.05) is 0 Å². The average Bonchev–Trinajstić information content (AvgIpc) is 2.74. The zero-order valence-corrected chi connectivity index (χ0v) is 18.1. The molecule has 0 spiro atoms. The third kappa shape index (κ3) is 5.18. The van der Waals surface area contributed by atoms with E-state index < -0.39 is 23.3 Å². The van der Waals surface area contributed by atoms with Crippen molar-refractivity contribution in [1.29, 1.82) is 0 Å². The van der Waals surface area contributed by atoms with Crippen molar-refractivity contribution in [3.63, 3.8) is 0 Å². The molecule has 2 aromatic carbocycles. The highest BCUT2D eigenvalue weighted by Gasteiger charge is 2.34. The molecule has 0 saturated heterocycles. The van der Waals surface area contributed by atoms with Crippen LogP contribution in [0.1, 0.15) is 24.8 Å². The number of rotatable bonds is 5. The van der Waals surface area contributed by atoms with E-state index in [-0.39, 0.29) is 29.7 Å². The van der Waals surface area contributed by atoms with Crippen LogP contribution in [0.4, 0.5) is 28.8 Å². The summed E-state index contributed by atoms with van der Waals surface area (Å²) < 4.78 is 0. The lowest BCUT2D eigenvalue weighted by Gasteiger charge is -2.23. The molecular formula is C22H19ClN6O4. The minimum atomic E-state index is -1.03. The van der Waals surface area contributed by atoms with Crippen molar-refractivity contribution in [3.05, 3.63) is 69.5 Å². The maximum absolute atomic E-state index is 12.9. The Morgan fingerprint density at radius 3 is 2.39 bits per heavy atom. The molecule has 3 aromatic rings. The lowest BCUT2D eigenvalue weighted by Crippen LogP contribution is -2.36. The molecule has 1 atom stereocenters. The van der Waals surface area contributed by atoms with Crippen LogP contribution in [-0.4, -0.2) is 27.7 Å².